The van der Waals surface area contributed by atoms with Gasteiger partial charge < -0.3 is 4.90 Å². The molecular weight excluding hydrogens is 415 g/mol. The van der Waals surface area contributed by atoms with E-state index in [0.29, 0.717) is 36.0 Å². The maximum Gasteiger partial charge on any atom is 0.258 e. The molecule has 0 spiro atoms. The molecule has 1 saturated heterocycles. The molecule has 1 aliphatic rings. The Balaban J connectivity index is 1.43. The van der Waals surface area contributed by atoms with Crippen molar-refractivity contribution in [1.82, 2.24) is 19.6 Å². The SMILES string of the molecule is Cc1nn(Cc2ccccc2)c(Cl)c1C(=O)N1CCCN(Cc2ccc(F)cc2)CC1. The first kappa shape index (κ1) is 21.5. The van der Waals surface area contributed by atoms with Crippen LogP contribution < -0.4 is 0 Å². The molecule has 5 nitrogen and oxygen atoms in total. The summed E-state index contributed by atoms with van der Waals surface area (Å²) < 4.78 is 14.8. The summed E-state index contributed by atoms with van der Waals surface area (Å²) in [4.78, 5) is 17.5. The Morgan fingerprint density at radius 2 is 1.68 bits per heavy atom. The van der Waals surface area contributed by atoms with Crippen LogP contribution in [0.25, 0.3) is 0 Å². The summed E-state index contributed by atoms with van der Waals surface area (Å²) in [5.41, 5.74) is 3.29. The number of carbonyl (C=O) groups is 1. The van der Waals surface area contributed by atoms with Crippen molar-refractivity contribution in [3.8, 4) is 0 Å². The van der Waals surface area contributed by atoms with Crippen LogP contribution in [0, 0.1) is 12.7 Å². The highest BCUT2D eigenvalue weighted by molar-refractivity contribution is 6.33. The highest BCUT2D eigenvalue weighted by Crippen LogP contribution is 2.23. The van der Waals surface area contributed by atoms with E-state index >= 15 is 0 Å². The van der Waals surface area contributed by atoms with Crippen molar-refractivity contribution in [1.29, 1.82) is 0 Å². The Morgan fingerprint density at radius 3 is 2.42 bits per heavy atom. The molecule has 0 radical (unpaired) electrons. The fourth-order valence-electron chi connectivity index (χ4n) is 4.00. The molecule has 2 aromatic carbocycles. The molecule has 0 unspecified atom stereocenters. The van der Waals surface area contributed by atoms with Crippen LogP contribution in [0.1, 0.15) is 33.6 Å². The Labute approximate surface area is 187 Å². The number of halogens is 2. The Morgan fingerprint density at radius 1 is 0.968 bits per heavy atom. The number of nitrogens with zero attached hydrogens (tertiary/aromatic N) is 4. The van der Waals surface area contributed by atoms with Gasteiger partial charge in [-0.1, -0.05) is 54.1 Å². The van der Waals surface area contributed by atoms with Gasteiger partial charge in [0.1, 0.15) is 11.0 Å². The van der Waals surface area contributed by atoms with Crippen LogP contribution in [0.4, 0.5) is 4.39 Å². The minimum Gasteiger partial charge on any atom is -0.337 e. The van der Waals surface area contributed by atoms with Gasteiger partial charge in [0.15, 0.2) is 0 Å². The van der Waals surface area contributed by atoms with Crippen LogP contribution in [-0.4, -0.2) is 51.7 Å². The molecule has 0 saturated carbocycles. The molecule has 1 aliphatic heterocycles. The highest BCUT2D eigenvalue weighted by Gasteiger charge is 2.26. The predicted molar refractivity (Wildman–Crippen MR) is 120 cm³/mol. The van der Waals surface area contributed by atoms with E-state index < -0.39 is 0 Å². The zero-order valence-electron chi connectivity index (χ0n) is 17.6. The number of hydrogen-bond donors (Lipinski definition) is 0. The second kappa shape index (κ2) is 9.62. The summed E-state index contributed by atoms with van der Waals surface area (Å²) in [6.45, 7) is 6.06. The van der Waals surface area contributed by atoms with Crippen molar-refractivity contribution in [3.63, 3.8) is 0 Å². The lowest BCUT2D eigenvalue weighted by Gasteiger charge is -2.22. The van der Waals surface area contributed by atoms with Gasteiger partial charge in [-0.25, -0.2) is 9.07 Å². The van der Waals surface area contributed by atoms with Crippen LogP contribution in [0.15, 0.2) is 54.6 Å². The molecule has 0 aliphatic carbocycles. The third kappa shape index (κ3) is 5.14. The Hall–Kier alpha value is -2.70. The maximum absolute atomic E-state index is 13.3. The average molecular weight is 441 g/mol. The van der Waals surface area contributed by atoms with E-state index in [2.05, 4.69) is 10.00 Å². The van der Waals surface area contributed by atoms with Crippen LogP contribution in [-0.2, 0) is 13.1 Å². The van der Waals surface area contributed by atoms with Crippen LogP contribution in [0.2, 0.25) is 5.15 Å². The number of aromatic nitrogens is 2. The van der Waals surface area contributed by atoms with Crippen molar-refractivity contribution >= 4 is 17.5 Å². The van der Waals surface area contributed by atoms with Gasteiger partial charge in [0, 0.05) is 32.7 Å². The first-order chi connectivity index (χ1) is 15.0. The maximum atomic E-state index is 13.3. The summed E-state index contributed by atoms with van der Waals surface area (Å²) in [6.07, 6.45) is 0.877. The van der Waals surface area contributed by atoms with Crippen LogP contribution >= 0.6 is 11.6 Å². The lowest BCUT2D eigenvalue weighted by atomic mass is 10.2. The molecule has 31 heavy (non-hydrogen) atoms. The van der Waals surface area contributed by atoms with Gasteiger partial charge in [-0.15, -0.1) is 0 Å². The van der Waals surface area contributed by atoms with E-state index in [1.54, 1.807) is 4.68 Å². The van der Waals surface area contributed by atoms with Crippen molar-refractivity contribution in [2.24, 2.45) is 0 Å². The molecule has 0 atom stereocenters. The van der Waals surface area contributed by atoms with Gasteiger partial charge in [-0.3, -0.25) is 9.69 Å². The Kier molecular flexibility index (Phi) is 6.68. The second-order valence-corrected chi connectivity index (χ2v) is 8.30. The third-order valence-corrected chi connectivity index (χ3v) is 6.03. The van der Waals surface area contributed by atoms with Crippen molar-refractivity contribution in [2.45, 2.75) is 26.4 Å². The van der Waals surface area contributed by atoms with Crippen molar-refractivity contribution in [3.05, 3.63) is 88.0 Å². The smallest absolute Gasteiger partial charge is 0.258 e. The number of aryl methyl sites for hydroxylation is 1. The van der Waals surface area contributed by atoms with E-state index in [-0.39, 0.29) is 11.7 Å². The number of benzene rings is 2. The lowest BCUT2D eigenvalue weighted by Crippen LogP contribution is -2.35. The Bertz CT molecular complexity index is 1040. The summed E-state index contributed by atoms with van der Waals surface area (Å²) in [5, 5.41) is 4.91. The predicted octanol–water partition coefficient (Wildman–Crippen LogP) is 4.38. The standard InChI is InChI=1S/C24H26ClFN4O/c1-18-22(23(25)30(27-18)17-19-6-3-2-4-7-19)24(31)29-13-5-12-28(14-15-29)16-20-8-10-21(26)11-9-20/h2-4,6-11H,5,12-17H2,1H3. The van der Waals surface area contributed by atoms with E-state index in [1.165, 1.54) is 12.1 Å². The van der Waals surface area contributed by atoms with E-state index in [0.717, 1.165) is 37.2 Å². The minimum absolute atomic E-state index is 0.0644. The molecule has 162 valence electrons. The number of carbonyl (C=O) groups excluding carboxylic acids is 1. The quantitative estimate of drug-likeness (QED) is 0.591. The second-order valence-electron chi connectivity index (χ2n) is 7.94. The van der Waals surface area contributed by atoms with Gasteiger partial charge >= 0.3 is 0 Å². The van der Waals surface area contributed by atoms with Gasteiger partial charge in [0.25, 0.3) is 5.91 Å². The molecular formula is C24H26ClFN4O. The number of hydrogen-bond acceptors (Lipinski definition) is 3. The van der Waals surface area contributed by atoms with Gasteiger partial charge in [-0.2, -0.15) is 5.10 Å². The molecule has 0 bridgehead atoms. The molecule has 7 heteroatoms. The summed E-state index contributed by atoms with van der Waals surface area (Å²) in [5.74, 6) is -0.290. The largest absolute Gasteiger partial charge is 0.337 e. The fraction of sp³-hybridized carbons (Fsp3) is 0.333. The van der Waals surface area contributed by atoms with Crippen LogP contribution in [0.5, 0.6) is 0 Å². The summed E-state index contributed by atoms with van der Waals surface area (Å²) in [7, 11) is 0. The number of amides is 1. The lowest BCUT2D eigenvalue weighted by molar-refractivity contribution is 0.0760. The summed E-state index contributed by atoms with van der Waals surface area (Å²) in [6, 6.07) is 16.5. The van der Waals surface area contributed by atoms with Crippen molar-refractivity contribution in [2.75, 3.05) is 26.2 Å². The molecule has 1 aromatic heterocycles. The molecule has 0 N–H and O–H groups in total. The number of rotatable bonds is 5. The van der Waals surface area contributed by atoms with E-state index in [1.807, 2.05) is 54.3 Å². The van der Waals surface area contributed by atoms with Gasteiger partial charge in [0.05, 0.1) is 17.8 Å². The zero-order chi connectivity index (χ0) is 21.8. The monoisotopic (exact) mass is 440 g/mol. The molecule has 3 aromatic rings. The third-order valence-electron chi connectivity index (χ3n) is 5.65. The molecule has 4 rings (SSSR count). The fourth-order valence-corrected chi connectivity index (χ4v) is 4.31. The van der Waals surface area contributed by atoms with Gasteiger partial charge in [0.2, 0.25) is 0 Å². The molecule has 2 heterocycles. The molecule has 1 amide bonds. The first-order valence-corrected chi connectivity index (χ1v) is 10.9. The summed E-state index contributed by atoms with van der Waals surface area (Å²) >= 11 is 6.60. The molecule has 1 fully saturated rings. The van der Waals surface area contributed by atoms with Crippen molar-refractivity contribution < 1.29 is 9.18 Å². The van der Waals surface area contributed by atoms with E-state index in [4.69, 9.17) is 11.6 Å². The van der Waals surface area contributed by atoms with E-state index in [9.17, 15) is 9.18 Å². The van der Waals surface area contributed by atoms with Crippen LogP contribution in [0.3, 0.4) is 0 Å². The zero-order valence-corrected chi connectivity index (χ0v) is 18.4. The van der Waals surface area contributed by atoms with Gasteiger partial charge in [-0.05, 0) is 36.6 Å². The minimum atomic E-state index is -0.226. The topological polar surface area (TPSA) is 41.4 Å². The normalized spacial score (nSPS) is 15.1. The highest BCUT2D eigenvalue weighted by atomic mass is 35.5. The average Bonchev–Trinajstić information content (AvgIpc) is 2.92. The first-order valence-electron chi connectivity index (χ1n) is 10.5.